The highest BCUT2D eigenvalue weighted by Crippen LogP contribution is 2.25. The van der Waals surface area contributed by atoms with Crippen molar-refractivity contribution < 1.29 is 4.79 Å². The van der Waals surface area contributed by atoms with Gasteiger partial charge >= 0.3 is 0 Å². The van der Waals surface area contributed by atoms with E-state index in [1.807, 2.05) is 68.5 Å². The van der Waals surface area contributed by atoms with E-state index in [4.69, 9.17) is 0 Å². The number of carbonyl (C=O) groups excluding carboxylic acids is 1. The van der Waals surface area contributed by atoms with Crippen LogP contribution in [0.2, 0.25) is 0 Å². The summed E-state index contributed by atoms with van der Waals surface area (Å²) in [5.74, 6) is 0.995. The van der Waals surface area contributed by atoms with Crippen molar-refractivity contribution in [2.75, 3.05) is 11.1 Å². The molecule has 5 aromatic rings. The Morgan fingerprint density at radius 1 is 1.09 bits per heavy atom. The second-order valence-corrected chi connectivity index (χ2v) is 9.60. The third-order valence-corrected chi connectivity index (χ3v) is 6.68. The summed E-state index contributed by atoms with van der Waals surface area (Å²) in [4.78, 5) is 26.2. The molecular formula is C25H25N7O2S. The number of nitrogens with one attached hydrogen (secondary N) is 1. The van der Waals surface area contributed by atoms with Crippen molar-refractivity contribution in [1.82, 2.24) is 28.9 Å². The number of anilines is 1. The summed E-state index contributed by atoms with van der Waals surface area (Å²) in [6.45, 7) is 7.99. The van der Waals surface area contributed by atoms with Gasteiger partial charge in [-0.2, -0.15) is 5.10 Å². The summed E-state index contributed by atoms with van der Waals surface area (Å²) in [7, 11) is 0. The summed E-state index contributed by atoms with van der Waals surface area (Å²) in [6, 6.07) is 15.2. The fraction of sp³-hybridized carbons (Fsp3) is 0.240. The Kier molecular flexibility index (Phi) is 5.89. The third kappa shape index (κ3) is 4.10. The maximum absolute atomic E-state index is 13.5. The van der Waals surface area contributed by atoms with E-state index >= 15 is 0 Å². The Bertz CT molecular complexity index is 1630. The van der Waals surface area contributed by atoms with E-state index in [2.05, 4.69) is 20.6 Å². The number of hydrogen-bond donors (Lipinski definition) is 1. The maximum atomic E-state index is 13.5. The first-order valence-corrected chi connectivity index (χ1v) is 12.3. The quantitative estimate of drug-likeness (QED) is 0.361. The minimum Gasteiger partial charge on any atom is -0.310 e. The van der Waals surface area contributed by atoms with Crippen molar-refractivity contribution in [2.45, 2.75) is 38.9 Å². The largest absolute Gasteiger partial charge is 0.310 e. The SMILES string of the molecule is Cc1ccc(-n2c(=O)c3ccccc3n3c(SCC(=O)Nc4ccnn4C(C)C)nnc23)c(C)c1. The zero-order valence-electron chi connectivity index (χ0n) is 19.9. The molecule has 3 heterocycles. The molecule has 0 spiro atoms. The lowest BCUT2D eigenvalue weighted by Crippen LogP contribution is -2.22. The standard InChI is InChI=1S/C25H25N7O2S/c1-15(2)32-21(11-12-26-32)27-22(33)14-35-25-29-28-24-30(19-10-9-16(3)13-17(19)4)23(34)18-7-5-6-8-20(18)31(24)25/h5-13,15H,14H2,1-4H3,(H,27,33). The van der Waals surface area contributed by atoms with E-state index in [9.17, 15) is 9.59 Å². The van der Waals surface area contributed by atoms with Crippen molar-refractivity contribution >= 4 is 40.2 Å². The summed E-state index contributed by atoms with van der Waals surface area (Å²) in [5, 5.41) is 17.0. The lowest BCUT2D eigenvalue weighted by molar-refractivity contribution is -0.113. The molecule has 10 heteroatoms. The number of benzene rings is 2. The smallest absolute Gasteiger partial charge is 0.267 e. The number of rotatable bonds is 6. The molecule has 0 aliphatic heterocycles. The normalized spacial score (nSPS) is 11.6. The second kappa shape index (κ2) is 9.03. The van der Waals surface area contributed by atoms with Gasteiger partial charge in [0, 0.05) is 12.1 Å². The number of carbonyl (C=O) groups is 1. The van der Waals surface area contributed by atoms with E-state index < -0.39 is 0 Å². The number of thioether (sulfide) groups is 1. The molecule has 0 atom stereocenters. The number of hydrogen-bond acceptors (Lipinski definition) is 6. The topological polar surface area (TPSA) is 99.1 Å². The van der Waals surface area contributed by atoms with Gasteiger partial charge in [0.15, 0.2) is 5.16 Å². The molecule has 0 unspecified atom stereocenters. The number of aryl methyl sites for hydroxylation is 2. The molecule has 1 N–H and O–H groups in total. The first kappa shape index (κ1) is 22.9. The average molecular weight is 488 g/mol. The number of amides is 1. The molecular weight excluding hydrogens is 462 g/mol. The first-order chi connectivity index (χ1) is 16.8. The summed E-state index contributed by atoms with van der Waals surface area (Å²) in [5.41, 5.74) is 3.35. The number of fused-ring (bicyclic) bond motifs is 3. The van der Waals surface area contributed by atoms with Crippen LogP contribution in [0.3, 0.4) is 0 Å². The number of nitrogens with zero attached hydrogens (tertiary/aromatic N) is 6. The molecule has 0 aliphatic carbocycles. The van der Waals surface area contributed by atoms with Gasteiger partial charge in [-0.1, -0.05) is 41.6 Å². The van der Waals surface area contributed by atoms with Crippen molar-refractivity contribution in [3.05, 3.63) is 76.2 Å². The maximum Gasteiger partial charge on any atom is 0.267 e. The third-order valence-electron chi connectivity index (χ3n) is 5.75. The molecule has 9 nitrogen and oxygen atoms in total. The van der Waals surface area contributed by atoms with Gasteiger partial charge in [-0.05, 0) is 51.5 Å². The van der Waals surface area contributed by atoms with Crippen molar-refractivity contribution in [2.24, 2.45) is 0 Å². The minimum absolute atomic E-state index is 0.126. The van der Waals surface area contributed by atoms with Crippen LogP contribution < -0.4 is 10.9 Å². The van der Waals surface area contributed by atoms with Gasteiger partial charge in [0.2, 0.25) is 11.7 Å². The molecule has 0 radical (unpaired) electrons. The fourth-order valence-corrected chi connectivity index (χ4v) is 4.92. The van der Waals surface area contributed by atoms with Crippen LogP contribution in [-0.4, -0.2) is 40.6 Å². The van der Waals surface area contributed by atoms with Crippen LogP contribution in [0.1, 0.15) is 31.0 Å². The molecule has 1 amide bonds. The summed E-state index contributed by atoms with van der Waals surface area (Å²) in [6.07, 6.45) is 1.66. The van der Waals surface area contributed by atoms with Crippen LogP contribution in [0.25, 0.3) is 22.4 Å². The molecule has 5 rings (SSSR count). The van der Waals surface area contributed by atoms with Gasteiger partial charge in [-0.25, -0.2) is 9.25 Å². The van der Waals surface area contributed by atoms with Gasteiger partial charge in [0.05, 0.1) is 28.5 Å². The number of para-hydroxylation sites is 1. The lowest BCUT2D eigenvalue weighted by atomic mass is 10.1. The van der Waals surface area contributed by atoms with Gasteiger partial charge in [-0.15, -0.1) is 10.2 Å². The predicted molar refractivity (Wildman–Crippen MR) is 138 cm³/mol. The predicted octanol–water partition coefficient (Wildman–Crippen LogP) is 4.16. The van der Waals surface area contributed by atoms with Crippen molar-refractivity contribution in [3.63, 3.8) is 0 Å². The second-order valence-electron chi connectivity index (χ2n) is 8.66. The Morgan fingerprint density at radius 3 is 2.66 bits per heavy atom. The molecule has 3 aromatic heterocycles. The Balaban J connectivity index is 1.55. The van der Waals surface area contributed by atoms with Gasteiger partial charge in [-0.3, -0.25) is 14.0 Å². The van der Waals surface area contributed by atoms with Crippen LogP contribution in [0.15, 0.2) is 64.7 Å². The minimum atomic E-state index is -0.179. The fourth-order valence-electron chi connectivity index (χ4n) is 4.18. The highest BCUT2D eigenvalue weighted by Gasteiger charge is 2.20. The summed E-state index contributed by atoms with van der Waals surface area (Å²) < 4.78 is 5.19. The first-order valence-electron chi connectivity index (χ1n) is 11.3. The number of aromatic nitrogens is 6. The Labute approximate surface area is 205 Å². The van der Waals surface area contributed by atoms with E-state index in [-0.39, 0.29) is 23.3 Å². The van der Waals surface area contributed by atoms with E-state index in [0.29, 0.717) is 27.7 Å². The van der Waals surface area contributed by atoms with Gasteiger partial charge in [0.1, 0.15) is 5.82 Å². The molecule has 0 aliphatic rings. The Hall–Kier alpha value is -3.92. The zero-order chi connectivity index (χ0) is 24.7. The van der Waals surface area contributed by atoms with E-state index in [1.165, 1.54) is 11.8 Å². The molecule has 0 saturated carbocycles. The average Bonchev–Trinajstić information content (AvgIpc) is 3.46. The van der Waals surface area contributed by atoms with Crippen LogP contribution in [0.5, 0.6) is 0 Å². The molecule has 2 aromatic carbocycles. The van der Waals surface area contributed by atoms with Crippen molar-refractivity contribution in [1.29, 1.82) is 0 Å². The Morgan fingerprint density at radius 2 is 1.89 bits per heavy atom. The molecule has 0 saturated heterocycles. The summed E-state index contributed by atoms with van der Waals surface area (Å²) >= 11 is 1.26. The molecule has 178 valence electrons. The van der Waals surface area contributed by atoms with Crippen LogP contribution in [0.4, 0.5) is 5.82 Å². The van der Waals surface area contributed by atoms with E-state index in [0.717, 1.165) is 16.8 Å². The molecule has 0 fully saturated rings. The lowest BCUT2D eigenvalue weighted by Gasteiger charge is -2.14. The van der Waals surface area contributed by atoms with Crippen LogP contribution >= 0.6 is 11.8 Å². The van der Waals surface area contributed by atoms with E-state index in [1.54, 1.807) is 27.6 Å². The zero-order valence-corrected chi connectivity index (χ0v) is 20.7. The monoisotopic (exact) mass is 487 g/mol. The van der Waals surface area contributed by atoms with Gasteiger partial charge in [0.25, 0.3) is 5.56 Å². The van der Waals surface area contributed by atoms with Gasteiger partial charge < -0.3 is 5.32 Å². The molecule has 0 bridgehead atoms. The van der Waals surface area contributed by atoms with Crippen LogP contribution in [0, 0.1) is 13.8 Å². The molecule has 35 heavy (non-hydrogen) atoms. The van der Waals surface area contributed by atoms with Crippen LogP contribution in [-0.2, 0) is 4.79 Å². The highest BCUT2D eigenvalue weighted by molar-refractivity contribution is 7.99. The highest BCUT2D eigenvalue weighted by atomic mass is 32.2. The van der Waals surface area contributed by atoms with Crippen molar-refractivity contribution in [3.8, 4) is 5.69 Å².